The van der Waals surface area contributed by atoms with Crippen LogP contribution in [0.15, 0.2) is 69.9 Å². The molecule has 2 aliphatic heterocycles. The highest BCUT2D eigenvalue weighted by Gasteiger charge is 2.46. The van der Waals surface area contributed by atoms with Crippen LogP contribution >= 0.6 is 0 Å². The van der Waals surface area contributed by atoms with Gasteiger partial charge in [-0.15, -0.1) is 0 Å². The number of ether oxygens (including phenoxy) is 6. The number of aliphatic hydroxyl groups is 6. The third-order valence-corrected chi connectivity index (χ3v) is 9.01. The number of fused-ring (bicyclic) bond motifs is 1. The first-order chi connectivity index (χ1) is 26.2. The molecule has 0 spiro atoms. The smallest absolute Gasteiger partial charge is 0.330 e. The van der Waals surface area contributed by atoms with Crippen LogP contribution in [0.25, 0.3) is 28.4 Å². The summed E-state index contributed by atoms with van der Waals surface area (Å²) in [5.74, 6) is -3.14. The van der Waals surface area contributed by atoms with Gasteiger partial charge in [-0.25, -0.2) is 4.79 Å². The summed E-state index contributed by atoms with van der Waals surface area (Å²) in [5, 5.41) is 93.2. The molecule has 0 bridgehead atoms. The number of phenols is 3. The predicted octanol–water partition coefficient (Wildman–Crippen LogP) is 0.235. The molecule has 0 amide bonds. The fraction of sp³-hybridized carbons (Fsp3) is 0.351. The van der Waals surface area contributed by atoms with Crippen LogP contribution in [-0.4, -0.2) is 127 Å². The van der Waals surface area contributed by atoms with Crippen molar-refractivity contribution in [1.82, 2.24) is 0 Å². The second kappa shape index (κ2) is 16.1. The van der Waals surface area contributed by atoms with Gasteiger partial charge in [-0.2, -0.15) is 0 Å². The van der Waals surface area contributed by atoms with Gasteiger partial charge in [-0.1, -0.05) is 12.1 Å². The predicted molar refractivity (Wildman–Crippen MR) is 186 cm³/mol. The summed E-state index contributed by atoms with van der Waals surface area (Å²) in [4.78, 5) is 26.6. The van der Waals surface area contributed by atoms with Crippen LogP contribution < -0.4 is 19.6 Å². The molecular formula is C37H38O18. The average molecular weight is 771 g/mol. The summed E-state index contributed by atoms with van der Waals surface area (Å²) in [6, 6.07) is 11.9. The Kier molecular flexibility index (Phi) is 11.5. The number of phenolic OH excluding ortho intramolecular Hbond substituents is 3. The monoisotopic (exact) mass is 770 g/mol. The molecule has 18 nitrogen and oxygen atoms in total. The van der Waals surface area contributed by atoms with Crippen molar-refractivity contribution < 1.29 is 83.6 Å². The maximum Gasteiger partial charge on any atom is 0.330 e. The van der Waals surface area contributed by atoms with Crippen LogP contribution in [0, 0.1) is 0 Å². The lowest BCUT2D eigenvalue weighted by Crippen LogP contribution is -2.60. The minimum Gasteiger partial charge on any atom is -0.508 e. The van der Waals surface area contributed by atoms with E-state index in [4.69, 9.17) is 32.8 Å². The van der Waals surface area contributed by atoms with Crippen LogP contribution in [0.2, 0.25) is 0 Å². The van der Waals surface area contributed by atoms with E-state index in [-0.39, 0.29) is 39.9 Å². The van der Waals surface area contributed by atoms with E-state index in [9.17, 15) is 55.5 Å². The minimum absolute atomic E-state index is 0.0271. The van der Waals surface area contributed by atoms with Crippen molar-refractivity contribution in [2.75, 3.05) is 13.7 Å². The molecule has 9 N–H and O–H groups in total. The normalized spacial score (nSPS) is 28.2. The van der Waals surface area contributed by atoms with Gasteiger partial charge in [0.25, 0.3) is 0 Å². The number of hydrogen-bond donors (Lipinski definition) is 9. The highest BCUT2D eigenvalue weighted by molar-refractivity contribution is 5.89. The number of carbonyl (C=O) groups excluding carboxylic acids is 1. The zero-order valence-corrected chi connectivity index (χ0v) is 29.0. The third-order valence-electron chi connectivity index (χ3n) is 9.01. The molecule has 2 aliphatic rings. The van der Waals surface area contributed by atoms with E-state index < -0.39 is 96.3 Å². The second-order valence-corrected chi connectivity index (χ2v) is 12.8. The molecule has 6 rings (SSSR count). The van der Waals surface area contributed by atoms with E-state index in [1.54, 1.807) is 12.1 Å². The number of esters is 1. The number of aromatic hydroxyl groups is 3. The Labute approximate surface area is 310 Å². The SMILES string of the molecule is COc1cc(-c2oc3cc(O[C@@H]4OC(C)[C@H](O)C(O)C4O)cc(O)c3c(=O)c2O[C@@H]2OC(COC(=O)/C=C/c3ccc(O)cc3)[C@@H](O)C(O)C2O)ccc1O. The molecule has 0 aliphatic carbocycles. The van der Waals surface area contributed by atoms with Crippen molar-refractivity contribution >= 4 is 23.0 Å². The highest BCUT2D eigenvalue weighted by atomic mass is 16.7. The van der Waals surface area contributed by atoms with Crippen molar-refractivity contribution in [2.24, 2.45) is 0 Å². The molecule has 3 aromatic carbocycles. The quantitative estimate of drug-likeness (QED) is 0.0771. The highest BCUT2D eigenvalue weighted by Crippen LogP contribution is 2.40. The molecule has 294 valence electrons. The fourth-order valence-electron chi connectivity index (χ4n) is 5.92. The van der Waals surface area contributed by atoms with Crippen LogP contribution in [0.5, 0.6) is 34.5 Å². The molecule has 0 saturated carbocycles. The molecule has 55 heavy (non-hydrogen) atoms. The van der Waals surface area contributed by atoms with Crippen molar-refractivity contribution in [3.05, 3.63) is 76.5 Å². The van der Waals surface area contributed by atoms with E-state index in [2.05, 4.69) is 0 Å². The topological polar surface area (TPSA) is 285 Å². The van der Waals surface area contributed by atoms with Crippen molar-refractivity contribution in [3.63, 3.8) is 0 Å². The maximum atomic E-state index is 14.1. The van der Waals surface area contributed by atoms with Gasteiger partial charge in [0.2, 0.25) is 23.8 Å². The first-order valence-electron chi connectivity index (χ1n) is 16.7. The summed E-state index contributed by atoms with van der Waals surface area (Å²) in [7, 11) is 1.27. The van der Waals surface area contributed by atoms with E-state index in [1.807, 2.05) is 0 Å². The first-order valence-corrected chi connectivity index (χ1v) is 16.7. The van der Waals surface area contributed by atoms with Gasteiger partial charge in [-0.05, 0) is 48.9 Å². The summed E-state index contributed by atoms with van der Waals surface area (Å²) in [5.41, 5.74) is -0.719. The Hall–Kier alpha value is -5.44. The molecule has 10 atom stereocenters. The van der Waals surface area contributed by atoms with E-state index >= 15 is 0 Å². The Morgan fingerprint density at radius 2 is 1.45 bits per heavy atom. The summed E-state index contributed by atoms with van der Waals surface area (Å²) >= 11 is 0. The van der Waals surface area contributed by atoms with Gasteiger partial charge in [0.15, 0.2) is 17.3 Å². The third kappa shape index (κ3) is 8.16. The Balaban J connectivity index is 1.32. The average Bonchev–Trinajstić information content (AvgIpc) is 3.16. The maximum absolute atomic E-state index is 14.1. The van der Waals surface area contributed by atoms with Gasteiger partial charge >= 0.3 is 5.97 Å². The van der Waals surface area contributed by atoms with Crippen LogP contribution in [0.3, 0.4) is 0 Å². The molecule has 3 heterocycles. The largest absolute Gasteiger partial charge is 0.508 e. The van der Waals surface area contributed by atoms with Crippen LogP contribution in [-0.2, 0) is 19.0 Å². The van der Waals surface area contributed by atoms with Gasteiger partial charge in [0.1, 0.15) is 77.6 Å². The van der Waals surface area contributed by atoms with Crippen LogP contribution in [0.4, 0.5) is 0 Å². The van der Waals surface area contributed by atoms with Gasteiger partial charge in [0.05, 0.1) is 13.2 Å². The molecule has 0 radical (unpaired) electrons. The lowest BCUT2D eigenvalue weighted by Gasteiger charge is -2.39. The van der Waals surface area contributed by atoms with Crippen molar-refractivity contribution in [3.8, 4) is 45.8 Å². The van der Waals surface area contributed by atoms with Gasteiger partial charge in [-0.3, -0.25) is 4.79 Å². The number of hydrogen-bond acceptors (Lipinski definition) is 18. The van der Waals surface area contributed by atoms with E-state index in [0.717, 1.165) is 18.2 Å². The first kappa shape index (κ1) is 39.3. The van der Waals surface area contributed by atoms with Crippen molar-refractivity contribution in [2.45, 2.75) is 68.3 Å². The summed E-state index contributed by atoms with van der Waals surface area (Å²) in [6.45, 7) is 0.794. The zero-order chi connectivity index (χ0) is 39.7. The van der Waals surface area contributed by atoms with Crippen LogP contribution in [0.1, 0.15) is 12.5 Å². The zero-order valence-electron chi connectivity index (χ0n) is 29.0. The standard InChI is InChI=1S/C37H38O18/c1-15-27(42)30(45)32(47)36(51-15)52-19-12-21(40)26-23(13-19)53-34(17-6-9-20(39)22(11-17)49-2)35(29(26)44)55-37-33(48)31(46)28(43)24(54-37)14-50-25(41)10-5-16-3-7-18(38)8-4-16/h3-13,15,24,27-28,30-33,36-40,42-43,45-48H,14H2,1-2H3/b10-5+/t15?,24?,27-,28+,30?,31?,32?,33?,36-,37-/m0/s1. The van der Waals surface area contributed by atoms with E-state index in [1.165, 1.54) is 50.4 Å². The molecule has 6 unspecified atom stereocenters. The Morgan fingerprint density at radius 1 is 0.782 bits per heavy atom. The molecule has 1 aromatic heterocycles. The van der Waals surface area contributed by atoms with Gasteiger partial charge in [0, 0.05) is 23.8 Å². The van der Waals surface area contributed by atoms with Crippen molar-refractivity contribution in [1.29, 1.82) is 0 Å². The molecule has 2 saturated heterocycles. The second-order valence-electron chi connectivity index (χ2n) is 12.8. The molecular weight excluding hydrogens is 732 g/mol. The fourth-order valence-corrected chi connectivity index (χ4v) is 5.92. The number of benzene rings is 3. The molecule has 18 heteroatoms. The van der Waals surface area contributed by atoms with Gasteiger partial charge < -0.3 is 78.8 Å². The summed E-state index contributed by atoms with van der Waals surface area (Å²) < 4.78 is 39.1. The number of methoxy groups -OCH3 is 1. The Bertz CT molecular complexity index is 2100. The molecule has 4 aromatic rings. The number of rotatable bonds is 10. The number of aliphatic hydroxyl groups excluding tert-OH is 6. The molecule has 2 fully saturated rings. The van der Waals surface area contributed by atoms with E-state index in [0.29, 0.717) is 5.56 Å². The lowest BCUT2D eigenvalue weighted by atomic mass is 9.99. The lowest BCUT2D eigenvalue weighted by molar-refractivity contribution is -0.278. The summed E-state index contributed by atoms with van der Waals surface area (Å²) in [6.07, 6.45) is -13.9. The number of carbonyl (C=O) groups is 1. The minimum atomic E-state index is -1.99. The Morgan fingerprint density at radius 3 is 2.15 bits per heavy atom.